The molecular weight excluding hydrogens is 216 g/mol. The highest BCUT2D eigenvalue weighted by atomic mass is 16.5. The predicted molar refractivity (Wildman–Crippen MR) is 67.8 cm³/mol. The first-order chi connectivity index (χ1) is 8.22. The molecule has 0 fully saturated rings. The zero-order valence-electron chi connectivity index (χ0n) is 11.3. The molecule has 0 amide bonds. The maximum Gasteiger partial charge on any atom is 0.0757 e. The highest BCUT2D eigenvalue weighted by Gasteiger charge is 2.18. The van der Waals surface area contributed by atoms with Crippen LogP contribution in [-0.2, 0) is 11.3 Å². The van der Waals surface area contributed by atoms with Crippen LogP contribution in [0, 0.1) is 0 Å². The maximum atomic E-state index is 5.34. The highest BCUT2D eigenvalue weighted by molar-refractivity contribution is 5.02. The molecule has 0 aliphatic heterocycles. The molecule has 17 heavy (non-hydrogen) atoms. The van der Waals surface area contributed by atoms with Gasteiger partial charge in [0.2, 0.25) is 0 Å². The van der Waals surface area contributed by atoms with Crippen molar-refractivity contribution in [2.24, 2.45) is 0 Å². The van der Waals surface area contributed by atoms with Gasteiger partial charge < -0.3 is 10.1 Å². The molecule has 0 saturated carbocycles. The average Bonchev–Trinajstić information content (AvgIpc) is 2.82. The van der Waals surface area contributed by atoms with Crippen molar-refractivity contribution >= 4 is 0 Å². The third-order valence-electron chi connectivity index (χ3n) is 2.91. The lowest BCUT2D eigenvalue weighted by atomic mass is 10.1. The van der Waals surface area contributed by atoms with E-state index in [1.807, 2.05) is 10.9 Å². The summed E-state index contributed by atoms with van der Waals surface area (Å²) >= 11 is 0. The SMILES string of the molecule is CCCNC(CC(C)OC)c1cnnn1CC. The van der Waals surface area contributed by atoms with Crippen LogP contribution in [0.5, 0.6) is 0 Å². The molecule has 98 valence electrons. The molecule has 2 atom stereocenters. The lowest BCUT2D eigenvalue weighted by Crippen LogP contribution is -2.28. The van der Waals surface area contributed by atoms with Crippen molar-refractivity contribution in [2.45, 2.75) is 52.3 Å². The molecule has 1 heterocycles. The van der Waals surface area contributed by atoms with Gasteiger partial charge in [0.05, 0.1) is 24.0 Å². The molecule has 0 aliphatic rings. The molecule has 1 N–H and O–H groups in total. The van der Waals surface area contributed by atoms with Crippen LogP contribution in [0.25, 0.3) is 0 Å². The number of hydrogen-bond donors (Lipinski definition) is 1. The minimum atomic E-state index is 0.226. The van der Waals surface area contributed by atoms with Gasteiger partial charge in [-0.3, -0.25) is 0 Å². The quantitative estimate of drug-likeness (QED) is 0.752. The van der Waals surface area contributed by atoms with Gasteiger partial charge in [0, 0.05) is 13.7 Å². The zero-order valence-corrected chi connectivity index (χ0v) is 11.3. The Labute approximate surface area is 104 Å². The van der Waals surface area contributed by atoms with Gasteiger partial charge in [-0.05, 0) is 33.2 Å². The molecular formula is C12H24N4O. The van der Waals surface area contributed by atoms with E-state index in [1.54, 1.807) is 7.11 Å². The van der Waals surface area contributed by atoms with E-state index in [4.69, 9.17) is 4.74 Å². The van der Waals surface area contributed by atoms with Crippen LogP contribution in [0.15, 0.2) is 6.20 Å². The highest BCUT2D eigenvalue weighted by Crippen LogP contribution is 2.18. The zero-order chi connectivity index (χ0) is 12.7. The Kier molecular flexibility index (Phi) is 6.15. The second kappa shape index (κ2) is 7.40. The first-order valence-electron chi connectivity index (χ1n) is 6.37. The molecule has 1 aromatic heterocycles. The van der Waals surface area contributed by atoms with Gasteiger partial charge in [0.25, 0.3) is 0 Å². The fraction of sp³-hybridized carbons (Fsp3) is 0.833. The lowest BCUT2D eigenvalue weighted by Gasteiger charge is -2.21. The van der Waals surface area contributed by atoms with E-state index < -0.39 is 0 Å². The Bertz CT molecular complexity index is 313. The third-order valence-corrected chi connectivity index (χ3v) is 2.91. The van der Waals surface area contributed by atoms with Crippen LogP contribution < -0.4 is 5.32 Å². The summed E-state index contributed by atoms with van der Waals surface area (Å²) in [6.45, 7) is 8.17. The van der Waals surface area contributed by atoms with Crippen molar-refractivity contribution in [3.63, 3.8) is 0 Å². The van der Waals surface area contributed by atoms with Gasteiger partial charge in [-0.2, -0.15) is 0 Å². The fourth-order valence-electron chi connectivity index (χ4n) is 1.84. The number of methoxy groups -OCH3 is 1. The summed E-state index contributed by atoms with van der Waals surface area (Å²) in [4.78, 5) is 0. The Hall–Kier alpha value is -0.940. The van der Waals surface area contributed by atoms with Gasteiger partial charge in [-0.1, -0.05) is 12.1 Å². The lowest BCUT2D eigenvalue weighted by molar-refractivity contribution is 0.0993. The van der Waals surface area contributed by atoms with E-state index in [1.165, 1.54) is 0 Å². The average molecular weight is 240 g/mol. The molecule has 0 aliphatic carbocycles. The number of nitrogens with one attached hydrogen (secondary N) is 1. The normalized spacial score (nSPS) is 14.8. The summed E-state index contributed by atoms with van der Waals surface area (Å²) < 4.78 is 7.28. The molecule has 5 heteroatoms. The van der Waals surface area contributed by atoms with Crippen molar-refractivity contribution in [1.29, 1.82) is 0 Å². The van der Waals surface area contributed by atoms with Gasteiger partial charge in [-0.25, -0.2) is 4.68 Å². The molecule has 0 bridgehead atoms. The first kappa shape index (κ1) is 14.1. The molecule has 2 unspecified atom stereocenters. The predicted octanol–water partition coefficient (Wildman–Crippen LogP) is 1.76. The Morgan fingerprint density at radius 3 is 2.82 bits per heavy atom. The number of nitrogens with zero attached hydrogens (tertiary/aromatic N) is 3. The molecule has 1 aromatic rings. The largest absolute Gasteiger partial charge is 0.382 e. The number of aryl methyl sites for hydroxylation is 1. The van der Waals surface area contributed by atoms with Crippen molar-refractivity contribution in [3.8, 4) is 0 Å². The topological polar surface area (TPSA) is 52.0 Å². The molecule has 1 rings (SSSR count). The van der Waals surface area contributed by atoms with Crippen molar-refractivity contribution in [2.75, 3.05) is 13.7 Å². The Morgan fingerprint density at radius 2 is 2.24 bits per heavy atom. The summed E-state index contributed by atoms with van der Waals surface area (Å²) in [5.41, 5.74) is 1.14. The fourth-order valence-corrected chi connectivity index (χ4v) is 1.84. The summed E-state index contributed by atoms with van der Waals surface area (Å²) in [6.07, 6.45) is 4.12. The monoisotopic (exact) mass is 240 g/mol. The van der Waals surface area contributed by atoms with Gasteiger partial charge in [-0.15, -0.1) is 5.10 Å². The molecule has 0 aromatic carbocycles. The smallest absolute Gasteiger partial charge is 0.0757 e. The maximum absolute atomic E-state index is 5.34. The summed E-state index contributed by atoms with van der Waals surface area (Å²) in [6, 6.07) is 0.264. The minimum Gasteiger partial charge on any atom is -0.382 e. The second-order valence-electron chi connectivity index (χ2n) is 4.26. The van der Waals surface area contributed by atoms with Gasteiger partial charge in [0.15, 0.2) is 0 Å². The van der Waals surface area contributed by atoms with Crippen molar-refractivity contribution < 1.29 is 4.74 Å². The van der Waals surface area contributed by atoms with Crippen LogP contribution in [0.3, 0.4) is 0 Å². The standard InChI is InChI=1S/C12H24N4O/c1-5-7-13-11(8-10(3)17-4)12-9-14-15-16(12)6-2/h9-11,13H,5-8H2,1-4H3. The number of hydrogen-bond acceptors (Lipinski definition) is 4. The Balaban J connectivity index is 2.74. The second-order valence-corrected chi connectivity index (χ2v) is 4.26. The van der Waals surface area contributed by atoms with E-state index in [-0.39, 0.29) is 12.1 Å². The van der Waals surface area contributed by atoms with Gasteiger partial charge >= 0.3 is 0 Å². The van der Waals surface area contributed by atoms with Crippen LogP contribution in [-0.4, -0.2) is 34.8 Å². The summed E-state index contributed by atoms with van der Waals surface area (Å²) in [5, 5.41) is 11.6. The van der Waals surface area contributed by atoms with Crippen molar-refractivity contribution in [1.82, 2.24) is 20.3 Å². The van der Waals surface area contributed by atoms with E-state index in [2.05, 4.69) is 36.4 Å². The number of rotatable bonds is 8. The third kappa shape index (κ3) is 4.09. The van der Waals surface area contributed by atoms with E-state index in [0.717, 1.165) is 31.6 Å². The van der Waals surface area contributed by atoms with E-state index in [9.17, 15) is 0 Å². The summed E-state index contributed by atoms with van der Waals surface area (Å²) in [5.74, 6) is 0. The first-order valence-corrected chi connectivity index (χ1v) is 6.37. The molecule has 0 spiro atoms. The minimum absolute atomic E-state index is 0.226. The number of aromatic nitrogens is 3. The van der Waals surface area contributed by atoms with Crippen LogP contribution in [0.4, 0.5) is 0 Å². The van der Waals surface area contributed by atoms with E-state index >= 15 is 0 Å². The van der Waals surface area contributed by atoms with Crippen LogP contribution in [0.1, 0.15) is 45.3 Å². The Morgan fingerprint density at radius 1 is 1.47 bits per heavy atom. The van der Waals surface area contributed by atoms with Gasteiger partial charge in [0.1, 0.15) is 0 Å². The number of ether oxygens (including phenoxy) is 1. The molecule has 0 saturated heterocycles. The summed E-state index contributed by atoms with van der Waals surface area (Å²) in [7, 11) is 1.75. The van der Waals surface area contributed by atoms with Crippen LogP contribution in [0.2, 0.25) is 0 Å². The van der Waals surface area contributed by atoms with Crippen molar-refractivity contribution in [3.05, 3.63) is 11.9 Å². The van der Waals surface area contributed by atoms with Crippen LogP contribution >= 0.6 is 0 Å². The molecule has 5 nitrogen and oxygen atoms in total. The van der Waals surface area contributed by atoms with E-state index in [0.29, 0.717) is 0 Å². The molecule has 0 radical (unpaired) electrons.